The van der Waals surface area contributed by atoms with Crippen molar-refractivity contribution in [2.75, 3.05) is 5.32 Å². The fraction of sp³-hybridized carbons (Fsp3) is 0.0625. The average Bonchev–Trinajstić information content (AvgIpc) is 3.05. The fourth-order valence-electron chi connectivity index (χ4n) is 1.91. The third-order valence-corrected chi connectivity index (χ3v) is 4.10. The van der Waals surface area contributed by atoms with E-state index >= 15 is 0 Å². The maximum Gasteiger partial charge on any atom is 0.277 e. The normalized spacial score (nSPS) is 10.5. The monoisotopic (exact) mass is 440 g/mol. The van der Waals surface area contributed by atoms with Gasteiger partial charge in [0, 0.05) is 16.9 Å². The summed E-state index contributed by atoms with van der Waals surface area (Å²) in [5.41, 5.74) is 0.238. The van der Waals surface area contributed by atoms with Crippen LogP contribution < -0.4 is 10.1 Å². The zero-order valence-corrected chi connectivity index (χ0v) is 15.7. The van der Waals surface area contributed by atoms with Gasteiger partial charge in [-0.2, -0.15) is 5.10 Å². The Morgan fingerprint density at radius 3 is 2.80 bits per heavy atom. The van der Waals surface area contributed by atoms with Crippen LogP contribution in [0.15, 0.2) is 53.3 Å². The summed E-state index contributed by atoms with van der Waals surface area (Å²) in [4.78, 5) is 16.2. The Hall–Kier alpha value is -2.09. The van der Waals surface area contributed by atoms with Gasteiger partial charge in [0.1, 0.15) is 11.6 Å². The molecule has 1 amide bonds. The van der Waals surface area contributed by atoms with E-state index in [1.54, 1.807) is 36.5 Å². The molecule has 0 atom stereocenters. The molecule has 0 aliphatic heterocycles. The molecule has 0 aliphatic rings. The molecule has 0 radical (unpaired) electrons. The minimum absolute atomic E-state index is 0.119. The van der Waals surface area contributed by atoms with Crippen molar-refractivity contribution in [2.45, 2.75) is 6.73 Å². The molecule has 0 saturated carbocycles. The lowest BCUT2D eigenvalue weighted by Gasteiger charge is -2.08. The van der Waals surface area contributed by atoms with Crippen LogP contribution in [-0.4, -0.2) is 20.7 Å². The summed E-state index contributed by atoms with van der Waals surface area (Å²) in [5, 5.41) is 7.77. The Kier molecular flexibility index (Phi) is 5.57. The summed E-state index contributed by atoms with van der Waals surface area (Å²) in [5.74, 6) is 0.536. The Balaban J connectivity index is 1.61. The van der Waals surface area contributed by atoms with Crippen molar-refractivity contribution in [3.8, 4) is 5.75 Å². The lowest BCUT2D eigenvalue weighted by atomic mass is 10.3. The van der Waals surface area contributed by atoms with E-state index < -0.39 is 0 Å². The highest BCUT2D eigenvalue weighted by Crippen LogP contribution is 2.27. The second-order valence-corrected chi connectivity index (χ2v) is 6.66. The zero-order chi connectivity index (χ0) is 17.8. The Bertz CT molecular complexity index is 899. The first-order valence-electron chi connectivity index (χ1n) is 7.05. The van der Waals surface area contributed by atoms with Crippen LogP contribution in [0.25, 0.3) is 0 Å². The maximum absolute atomic E-state index is 12.2. The van der Waals surface area contributed by atoms with Crippen molar-refractivity contribution >= 4 is 50.9 Å². The maximum atomic E-state index is 12.2. The van der Waals surface area contributed by atoms with Gasteiger partial charge in [-0.15, -0.1) is 0 Å². The van der Waals surface area contributed by atoms with Crippen LogP contribution in [0.1, 0.15) is 10.5 Å². The van der Waals surface area contributed by atoms with Crippen molar-refractivity contribution in [3.63, 3.8) is 0 Å². The van der Waals surface area contributed by atoms with Crippen LogP contribution >= 0.6 is 39.1 Å². The van der Waals surface area contributed by atoms with Gasteiger partial charge in [-0.3, -0.25) is 4.79 Å². The van der Waals surface area contributed by atoms with Crippen molar-refractivity contribution in [1.82, 2.24) is 14.8 Å². The second kappa shape index (κ2) is 7.86. The number of anilines is 1. The molecule has 0 spiro atoms. The van der Waals surface area contributed by atoms with Gasteiger partial charge in [-0.05, 0) is 36.4 Å². The minimum Gasteiger partial charge on any atom is -0.470 e. The van der Waals surface area contributed by atoms with Crippen LogP contribution in [0.3, 0.4) is 0 Å². The van der Waals surface area contributed by atoms with Crippen LogP contribution in [0.5, 0.6) is 5.75 Å². The number of hydrogen-bond donors (Lipinski definition) is 1. The molecule has 2 heterocycles. The number of aromatic nitrogens is 3. The molecule has 0 bridgehead atoms. The molecule has 3 aromatic rings. The van der Waals surface area contributed by atoms with E-state index in [2.05, 4.69) is 31.3 Å². The number of halogens is 3. The van der Waals surface area contributed by atoms with Crippen molar-refractivity contribution in [3.05, 3.63) is 69.0 Å². The molecule has 9 heteroatoms. The summed E-state index contributed by atoms with van der Waals surface area (Å²) in [7, 11) is 0. The molecule has 3 rings (SSSR count). The Morgan fingerprint density at radius 2 is 2.08 bits per heavy atom. The van der Waals surface area contributed by atoms with Gasteiger partial charge in [-0.25, -0.2) is 9.67 Å². The second-order valence-electron chi connectivity index (χ2n) is 4.90. The summed E-state index contributed by atoms with van der Waals surface area (Å²) >= 11 is 15.2. The molecule has 2 aromatic heterocycles. The number of nitrogens with one attached hydrogen (secondary N) is 1. The van der Waals surface area contributed by atoms with E-state index in [0.717, 1.165) is 4.47 Å². The third-order valence-electron chi connectivity index (χ3n) is 3.09. The highest BCUT2D eigenvalue weighted by Gasteiger charge is 2.11. The lowest BCUT2D eigenvalue weighted by molar-refractivity contribution is 0.102. The number of rotatable bonds is 5. The largest absolute Gasteiger partial charge is 0.470 e. The fourth-order valence-corrected chi connectivity index (χ4v) is 2.75. The van der Waals surface area contributed by atoms with Crippen LogP contribution in [0, 0.1) is 0 Å². The molecule has 25 heavy (non-hydrogen) atoms. The number of carbonyl (C=O) groups is 1. The van der Waals surface area contributed by atoms with E-state index in [9.17, 15) is 4.79 Å². The molecule has 0 fully saturated rings. The standard InChI is InChI=1S/C16H11BrCl2N4O2/c17-10-1-3-14(12(19)7-10)25-9-23-6-5-13(22-23)16(24)21-15-4-2-11(18)8-20-15/h1-8H,9H2,(H,20,21,24). The summed E-state index contributed by atoms with van der Waals surface area (Å²) in [6.07, 6.45) is 3.09. The van der Waals surface area contributed by atoms with Gasteiger partial charge in [-0.1, -0.05) is 39.1 Å². The number of amides is 1. The highest BCUT2D eigenvalue weighted by atomic mass is 79.9. The zero-order valence-electron chi connectivity index (χ0n) is 12.6. The molecule has 0 unspecified atom stereocenters. The Labute approximate surface area is 161 Å². The summed E-state index contributed by atoms with van der Waals surface area (Å²) in [6.45, 7) is 0.119. The number of ether oxygens (including phenoxy) is 1. The predicted molar refractivity (Wildman–Crippen MR) is 99.2 cm³/mol. The molecular formula is C16H11BrCl2N4O2. The first-order chi connectivity index (χ1) is 12.0. The van der Waals surface area contributed by atoms with E-state index in [1.165, 1.54) is 10.9 Å². The third kappa shape index (κ3) is 4.72. The van der Waals surface area contributed by atoms with Crippen LogP contribution in [-0.2, 0) is 6.73 Å². The first kappa shape index (κ1) is 17.7. The lowest BCUT2D eigenvalue weighted by Crippen LogP contribution is -2.15. The van der Waals surface area contributed by atoms with Gasteiger partial charge in [0.2, 0.25) is 0 Å². The highest BCUT2D eigenvalue weighted by molar-refractivity contribution is 9.10. The molecule has 1 N–H and O–H groups in total. The average molecular weight is 442 g/mol. The number of hydrogen-bond acceptors (Lipinski definition) is 4. The quantitative estimate of drug-likeness (QED) is 0.626. The molecule has 128 valence electrons. The summed E-state index contributed by atoms with van der Waals surface area (Å²) in [6, 6.07) is 10.1. The van der Waals surface area contributed by atoms with E-state index in [1.807, 2.05) is 6.07 Å². The molecule has 0 aliphatic carbocycles. The van der Waals surface area contributed by atoms with E-state index in [4.69, 9.17) is 27.9 Å². The van der Waals surface area contributed by atoms with Gasteiger partial charge in [0.05, 0.1) is 10.0 Å². The van der Waals surface area contributed by atoms with Crippen molar-refractivity contribution < 1.29 is 9.53 Å². The number of benzene rings is 1. The molecule has 6 nitrogen and oxygen atoms in total. The SMILES string of the molecule is O=C(Nc1ccc(Cl)cn1)c1ccn(COc2ccc(Br)cc2Cl)n1. The summed E-state index contributed by atoms with van der Waals surface area (Å²) < 4.78 is 7.94. The molecular weight excluding hydrogens is 431 g/mol. The van der Waals surface area contributed by atoms with E-state index in [-0.39, 0.29) is 18.3 Å². The minimum atomic E-state index is -0.379. The van der Waals surface area contributed by atoms with Gasteiger partial charge in [0.15, 0.2) is 12.4 Å². The van der Waals surface area contributed by atoms with Gasteiger partial charge >= 0.3 is 0 Å². The predicted octanol–water partition coefficient (Wildman–Crippen LogP) is 4.64. The van der Waals surface area contributed by atoms with Gasteiger partial charge < -0.3 is 10.1 Å². The van der Waals surface area contributed by atoms with Crippen LogP contribution in [0.4, 0.5) is 5.82 Å². The number of nitrogens with zero attached hydrogens (tertiary/aromatic N) is 3. The number of pyridine rings is 1. The molecule has 0 saturated heterocycles. The van der Waals surface area contributed by atoms with Gasteiger partial charge in [0.25, 0.3) is 5.91 Å². The smallest absolute Gasteiger partial charge is 0.277 e. The van der Waals surface area contributed by atoms with E-state index in [0.29, 0.717) is 21.6 Å². The first-order valence-corrected chi connectivity index (χ1v) is 8.60. The Morgan fingerprint density at radius 1 is 1.24 bits per heavy atom. The van der Waals surface area contributed by atoms with Crippen LogP contribution in [0.2, 0.25) is 10.0 Å². The number of carbonyl (C=O) groups excluding carboxylic acids is 1. The van der Waals surface area contributed by atoms with Crippen molar-refractivity contribution in [2.24, 2.45) is 0 Å². The van der Waals surface area contributed by atoms with Crippen molar-refractivity contribution in [1.29, 1.82) is 0 Å². The topological polar surface area (TPSA) is 69.0 Å². The molecule has 1 aromatic carbocycles.